The molecule has 0 bridgehead atoms. The Labute approximate surface area is 170 Å². The van der Waals surface area contributed by atoms with Crippen LogP contribution in [0.5, 0.6) is 0 Å². The third-order valence-corrected chi connectivity index (χ3v) is 6.93. The van der Waals surface area contributed by atoms with Crippen molar-refractivity contribution in [3.05, 3.63) is 65.2 Å². The van der Waals surface area contributed by atoms with E-state index >= 15 is 0 Å². The number of fused-ring (bicyclic) bond motifs is 3. The number of carbonyl (C=O) groups excluding carboxylic acids is 3. The van der Waals surface area contributed by atoms with Gasteiger partial charge in [-0.25, -0.2) is 4.90 Å². The average Bonchev–Trinajstić information content (AvgIpc) is 3.37. The van der Waals surface area contributed by atoms with Gasteiger partial charge in [-0.2, -0.15) is 0 Å². The van der Waals surface area contributed by atoms with E-state index in [-0.39, 0.29) is 23.6 Å². The molecule has 29 heavy (non-hydrogen) atoms. The molecule has 0 radical (unpaired) electrons. The molecule has 0 aromatic heterocycles. The van der Waals surface area contributed by atoms with Crippen molar-refractivity contribution in [2.45, 2.75) is 38.8 Å². The van der Waals surface area contributed by atoms with Gasteiger partial charge in [-0.15, -0.1) is 0 Å². The summed E-state index contributed by atoms with van der Waals surface area (Å²) in [5.74, 6) is -1.45. The van der Waals surface area contributed by atoms with E-state index in [9.17, 15) is 14.4 Å². The van der Waals surface area contributed by atoms with Crippen LogP contribution in [0, 0.1) is 25.7 Å². The number of ketones is 1. The highest BCUT2D eigenvalue weighted by Gasteiger charge is 2.64. The van der Waals surface area contributed by atoms with Crippen molar-refractivity contribution in [3.63, 3.8) is 0 Å². The van der Waals surface area contributed by atoms with Gasteiger partial charge < -0.3 is 0 Å². The maximum atomic E-state index is 13.5. The molecular formula is C24H24N2O3. The van der Waals surface area contributed by atoms with Crippen molar-refractivity contribution in [3.8, 4) is 0 Å². The first-order valence-electron chi connectivity index (χ1n) is 10.3. The Morgan fingerprint density at radius 3 is 2.38 bits per heavy atom. The number of benzene rings is 2. The number of Topliss-reactive ketones (excluding diaryl/α,β-unsaturated/α-hetero) is 1. The number of amides is 2. The van der Waals surface area contributed by atoms with E-state index in [0.29, 0.717) is 11.3 Å². The molecule has 4 atom stereocenters. The van der Waals surface area contributed by atoms with E-state index in [1.807, 2.05) is 50.2 Å². The fourth-order valence-electron chi connectivity index (χ4n) is 5.41. The first kappa shape index (κ1) is 18.3. The highest BCUT2D eigenvalue weighted by Crippen LogP contribution is 2.48. The Morgan fingerprint density at radius 2 is 1.66 bits per heavy atom. The van der Waals surface area contributed by atoms with Gasteiger partial charge in [0.05, 0.1) is 23.6 Å². The van der Waals surface area contributed by atoms with E-state index in [1.54, 1.807) is 12.1 Å². The van der Waals surface area contributed by atoms with Crippen LogP contribution in [0.2, 0.25) is 0 Å². The second kappa shape index (κ2) is 6.63. The Kier molecular flexibility index (Phi) is 4.17. The number of nitrogens with zero attached hydrogens (tertiary/aromatic N) is 2. The lowest BCUT2D eigenvalue weighted by molar-refractivity contribution is -0.123. The number of hydrogen-bond donors (Lipinski definition) is 0. The van der Waals surface area contributed by atoms with Crippen LogP contribution in [0.25, 0.3) is 0 Å². The van der Waals surface area contributed by atoms with Gasteiger partial charge in [0.1, 0.15) is 0 Å². The minimum Gasteiger partial charge on any atom is -0.292 e. The summed E-state index contributed by atoms with van der Waals surface area (Å²) in [6.45, 7) is 4.75. The summed E-state index contributed by atoms with van der Waals surface area (Å²) in [6.07, 6.45) is 1.82. The summed E-state index contributed by atoms with van der Waals surface area (Å²) in [6, 6.07) is 14.2. The zero-order valence-electron chi connectivity index (χ0n) is 16.7. The quantitative estimate of drug-likeness (QED) is 0.599. The fourth-order valence-corrected chi connectivity index (χ4v) is 5.41. The van der Waals surface area contributed by atoms with E-state index in [0.717, 1.165) is 30.5 Å². The van der Waals surface area contributed by atoms with Gasteiger partial charge >= 0.3 is 0 Å². The molecule has 4 unspecified atom stereocenters. The van der Waals surface area contributed by atoms with Crippen molar-refractivity contribution in [2.24, 2.45) is 11.8 Å². The summed E-state index contributed by atoms with van der Waals surface area (Å²) in [5.41, 5.74) is 3.38. The predicted octanol–water partition coefficient (Wildman–Crippen LogP) is 3.14. The second-order valence-electron chi connectivity index (χ2n) is 8.45. The molecule has 2 aromatic carbocycles. The lowest BCUT2D eigenvalue weighted by atomic mass is 9.85. The van der Waals surface area contributed by atoms with Crippen LogP contribution in [0.4, 0.5) is 5.69 Å². The van der Waals surface area contributed by atoms with Crippen molar-refractivity contribution >= 4 is 23.3 Å². The molecule has 5 rings (SSSR count). The zero-order chi connectivity index (χ0) is 20.3. The fraction of sp³-hybridized carbons (Fsp3) is 0.375. The monoisotopic (exact) mass is 388 g/mol. The smallest absolute Gasteiger partial charge is 0.239 e. The van der Waals surface area contributed by atoms with Crippen LogP contribution in [0.15, 0.2) is 48.5 Å². The van der Waals surface area contributed by atoms with Crippen molar-refractivity contribution < 1.29 is 14.4 Å². The van der Waals surface area contributed by atoms with Crippen LogP contribution in [-0.4, -0.2) is 41.1 Å². The van der Waals surface area contributed by atoms with Gasteiger partial charge in [-0.05, 0) is 56.5 Å². The highest BCUT2D eigenvalue weighted by molar-refractivity contribution is 6.24. The predicted molar refractivity (Wildman–Crippen MR) is 110 cm³/mol. The standard InChI is InChI=1S/C24H24N2O3/c1-14-10-11-17(13-15(14)2)26-23(28)19-18-9-6-12-25(18)21(20(19)24(26)29)22(27)16-7-4-3-5-8-16/h3-5,7-8,10-11,13,18-21H,6,9,12H2,1-2H3. The lowest BCUT2D eigenvalue weighted by Gasteiger charge is -2.27. The third-order valence-electron chi connectivity index (χ3n) is 6.93. The topological polar surface area (TPSA) is 57.7 Å². The van der Waals surface area contributed by atoms with Crippen LogP contribution >= 0.6 is 0 Å². The number of imide groups is 1. The molecule has 2 aromatic rings. The molecule has 3 fully saturated rings. The number of carbonyl (C=O) groups is 3. The molecule has 3 heterocycles. The summed E-state index contributed by atoms with van der Waals surface area (Å²) in [4.78, 5) is 43.8. The molecule has 0 N–H and O–H groups in total. The minimum absolute atomic E-state index is 0.0225. The Balaban J connectivity index is 1.56. The van der Waals surface area contributed by atoms with Gasteiger partial charge in [0.15, 0.2) is 5.78 Å². The Hall–Kier alpha value is -2.79. The molecule has 0 aliphatic carbocycles. The van der Waals surface area contributed by atoms with E-state index in [2.05, 4.69) is 4.90 Å². The van der Waals surface area contributed by atoms with Crippen LogP contribution in [0.1, 0.15) is 34.3 Å². The SMILES string of the molecule is Cc1ccc(N2C(=O)C3C(C2=O)C(C(=O)c2ccccc2)N2CCCC32)cc1C. The van der Waals surface area contributed by atoms with Gasteiger partial charge in [-0.1, -0.05) is 36.4 Å². The van der Waals surface area contributed by atoms with Crippen LogP contribution in [-0.2, 0) is 9.59 Å². The largest absolute Gasteiger partial charge is 0.292 e. The minimum atomic E-state index is -0.595. The summed E-state index contributed by atoms with van der Waals surface area (Å²) in [5, 5.41) is 0. The molecule has 0 saturated carbocycles. The van der Waals surface area contributed by atoms with E-state index < -0.39 is 17.9 Å². The number of rotatable bonds is 3. The normalized spacial score (nSPS) is 28.7. The van der Waals surface area contributed by atoms with Gasteiger partial charge in [0, 0.05) is 11.6 Å². The van der Waals surface area contributed by atoms with Crippen LogP contribution < -0.4 is 4.90 Å². The average molecular weight is 388 g/mol. The Bertz CT molecular complexity index is 1020. The number of anilines is 1. The van der Waals surface area contributed by atoms with Crippen molar-refractivity contribution in [2.75, 3.05) is 11.4 Å². The van der Waals surface area contributed by atoms with E-state index in [1.165, 1.54) is 4.90 Å². The van der Waals surface area contributed by atoms with Gasteiger partial charge in [0.25, 0.3) is 0 Å². The first-order valence-corrected chi connectivity index (χ1v) is 10.3. The molecule has 5 nitrogen and oxygen atoms in total. The van der Waals surface area contributed by atoms with E-state index in [4.69, 9.17) is 0 Å². The first-order chi connectivity index (χ1) is 14.0. The third kappa shape index (κ3) is 2.60. The van der Waals surface area contributed by atoms with Crippen LogP contribution in [0.3, 0.4) is 0 Å². The molecule has 0 spiro atoms. The van der Waals surface area contributed by atoms with Gasteiger partial charge in [0.2, 0.25) is 11.8 Å². The highest BCUT2D eigenvalue weighted by atomic mass is 16.2. The molecule has 3 aliphatic heterocycles. The molecular weight excluding hydrogens is 364 g/mol. The molecule has 3 aliphatic rings. The molecule has 148 valence electrons. The maximum absolute atomic E-state index is 13.5. The summed E-state index contributed by atoms with van der Waals surface area (Å²) < 4.78 is 0. The molecule has 5 heteroatoms. The lowest BCUT2D eigenvalue weighted by Crippen LogP contribution is -2.46. The molecule has 3 saturated heterocycles. The second-order valence-corrected chi connectivity index (χ2v) is 8.45. The van der Waals surface area contributed by atoms with Crippen molar-refractivity contribution in [1.29, 1.82) is 0 Å². The Morgan fingerprint density at radius 1 is 0.931 bits per heavy atom. The maximum Gasteiger partial charge on any atom is 0.239 e. The summed E-state index contributed by atoms with van der Waals surface area (Å²) >= 11 is 0. The number of aryl methyl sites for hydroxylation is 2. The zero-order valence-corrected chi connectivity index (χ0v) is 16.7. The molecule has 2 amide bonds. The summed E-state index contributed by atoms with van der Waals surface area (Å²) in [7, 11) is 0. The number of hydrogen-bond acceptors (Lipinski definition) is 4. The van der Waals surface area contributed by atoms with Gasteiger partial charge in [-0.3, -0.25) is 19.3 Å². The van der Waals surface area contributed by atoms with Crippen molar-refractivity contribution in [1.82, 2.24) is 4.90 Å².